The van der Waals surface area contributed by atoms with Crippen LogP contribution in [0.4, 0.5) is 0 Å². The third kappa shape index (κ3) is 16.8. The highest BCUT2D eigenvalue weighted by atomic mass is 79.9. The fraction of sp³-hybridized carbons (Fsp3) is 0.323. The molecule has 0 bridgehead atoms. The Morgan fingerprint density at radius 3 is 1.94 bits per heavy atom. The number of halogens is 1. The molecule has 0 unspecified atom stereocenters. The lowest BCUT2D eigenvalue weighted by Crippen LogP contribution is -2.01. The van der Waals surface area contributed by atoms with Crippen molar-refractivity contribution < 1.29 is 0 Å². The molecule has 1 aromatic carbocycles. The van der Waals surface area contributed by atoms with Crippen molar-refractivity contribution in [3.63, 3.8) is 0 Å². The highest BCUT2D eigenvalue weighted by molar-refractivity contribution is 9.11. The Morgan fingerprint density at radius 2 is 1.52 bits per heavy atom. The van der Waals surface area contributed by atoms with Crippen LogP contribution in [-0.4, -0.2) is 5.71 Å². The van der Waals surface area contributed by atoms with Crippen molar-refractivity contribution in [3.8, 4) is 0 Å². The molecular weight excluding hydrogens is 466 g/mol. The second kappa shape index (κ2) is 24.2. The molecule has 2 heteroatoms. The minimum atomic E-state index is 0.710. The van der Waals surface area contributed by atoms with Gasteiger partial charge in [-0.3, -0.25) is 0 Å². The van der Waals surface area contributed by atoms with Gasteiger partial charge in [0.2, 0.25) is 0 Å². The van der Waals surface area contributed by atoms with Crippen molar-refractivity contribution in [2.45, 2.75) is 68.7 Å². The van der Waals surface area contributed by atoms with Gasteiger partial charge in [-0.2, -0.15) is 0 Å². The Bertz CT molecular complexity index is 827. The highest BCUT2D eigenvalue weighted by Gasteiger charge is 2.07. The van der Waals surface area contributed by atoms with E-state index in [0.717, 1.165) is 38.2 Å². The summed E-state index contributed by atoms with van der Waals surface area (Å²) in [5, 5.41) is 0. The summed E-state index contributed by atoms with van der Waals surface area (Å²) in [7, 11) is 0. The molecule has 0 saturated carbocycles. The summed E-state index contributed by atoms with van der Waals surface area (Å²) in [5.74, 6) is 0. The maximum Gasteiger partial charge on any atom is 0.0705 e. The SMILES string of the molecule is C=CC(=N/C(=C\CC(=C)/C=C(\C)Br)c1ccccc1)/C(=C/C=C\C)C(=C)C.CC.CC.CC. The van der Waals surface area contributed by atoms with Crippen molar-refractivity contribution in [2.24, 2.45) is 4.99 Å². The second-order valence-corrected chi connectivity index (χ2v) is 7.39. The summed E-state index contributed by atoms with van der Waals surface area (Å²) in [6.45, 7) is 30.1. The van der Waals surface area contributed by atoms with Crippen LogP contribution in [0, 0.1) is 0 Å². The molecule has 0 aliphatic rings. The van der Waals surface area contributed by atoms with Crippen LogP contribution in [0.5, 0.6) is 0 Å². The molecule has 0 saturated heterocycles. The van der Waals surface area contributed by atoms with Gasteiger partial charge < -0.3 is 0 Å². The Hall–Kier alpha value is -2.45. The molecule has 0 N–H and O–H groups in total. The van der Waals surface area contributed by atoms with E-state index in [9.17, 15) is 0 Å². The fourth-order valence-electron chi connectivity index (χ4n) is 2.39. The van der Waals surface area contributed by atoms with Crippen LogP contribution in [0.25, 0.3) is 5.70 Å². The molecule has 0 fully saturated rings. The molecule has 1 nitrogen and oxygen atoms in total. The number of rotatable bonds is 9. The van der Waals surface area contributed by atoms with Crippen LogP contribution < -0.4 is 0 Å². The van der Waals surface area contributed by atoms with Crippen molar-refractivity contribution >= 4 is 27.3 Å². The maximum absolute atomic E-state index is 4.91. The standard InChI is InChI=1S/C25H28BrN.3C2H6/c1-7-9-15-23(19(3)4)24(8-2)27-25(22-13-11-10-12-14-22)17-16-20(5)18-21(6)26;3*1-2/h7-15,17-18H,2-3,5,16H2,1,4,6H3;3*1-2H3/b9-7-,21-18+,23-15+,25-17-,27-24-;;;. The van der Waals surface area contributed by atoms with E-state index in [1.54, 1.807) is 6.08 Å². The van der Waals surface area contributed by atoms with Gasteiger partial charge in [-0.15, -0.1) is 0 Å². The summed E-state index contributed by atoms with van der Waals surface area (Å²) in [5.41, 5.74) is 5.67. The molecule has 0 spiro atoms. The largest absolute Gasteiger partial charge is 0.248 e. The second-order valence-electron chi connectivity index (χ2n) is 6.14. The first-order chi connectivity index (χ1) is 15.9. The average molecular weight is 513 g/mol. The van der Waals surface area contributed by atoms with E-state index in [2.05, 4.69) is 53.9 Å². The zero-order valence-corrected chi connectivity index (χ0v) is 24.1. The molecule has 1 aromatic rings. The zero-order valence-electron chi connectivity index (χ0n) is 22.5. The number of aliphatic imine (C=N–C) groups is 1. The quantitative estimate of drug-likeness (QED) is 0.230. The Balaban J connectivity index is -0.00000138. The van der Waals surface area contributed by atoms with Gasteiger partial charge in [-0.05, 0) is 55.0 Å². The molecule has 1 rings (SSSR count). The first-order valence-electron chi connectivity index (χ1n) is 11.9. The molecular formula is C31H46BrN. The third-order valence-electron chi connectivity index (χ3n) is 3.66. The molecule has 0 radical (unpaired) electrons. The summed E-state index contributed by atoms with van der Waals surface area (Å²) in [4.78, 5) is 4.91. The molecule has 0 aliphatic heterocycles. The van der Waals surface area contributed by atoms with E-state index in [0.29, 0.717) is 6.42 Å². The van der Waals surface area contributed by atoms with Gasteiger partial charge in [0.05, 0.1) is 11.4 Å². The van der Waals surface area contributed by atoms with Crippen molar-refractivity contribution in [2.75, 3.05) is 0 Å². The van der Waals surface area contributed by atoms with Gasteiger partial charge in [0, 0.05) is 5.57 Å². The topological polar surface area (TPSA) is 12.4 Å². The molecule has 0 atom stereocenters. The van der Waals surface area contributed by atoms with Crippen LogP contribution in [0.1, 0.15) is 74.3 Å². The highest BCUT2D eigenvalue weighted by Crippen LogP contribution is 2.22. The molecule has 182 valence electrons. The lowest BCUT2D eigenvalue weighted by atomic mass is 10.0. The normalized spacial score (nSPS) is 11.8. The number of nitrogens with zero attached hydrogens (tertiary/aromatic N) is 1. The van der Waals surface area contributed by atoms with Gasteiger partial charge in [-0.1, -0.05) is 137 Å². The molecule has 0 amide bonds. The van der Waals surface area contributed by atoms with Gasteiger partial charge in [0.1, 0.15) is 0 Å². The van der Waals surface area contributed by atoms with Crippen LogP contribution in [0.2, 0.25) is 0 Å². The predicted octanol–water partition coefficient (Wildman–Crippen LogP) is 11.1. The van der Waals surface area contributed by atoms with E-state index in [4.69, 9.17) is 4.99 Å². The molecule has 0 heterocycles. The maximum atomic E-state index is 4.91. The zero-order chi connectivity index (χ0) is 26.2. The van der Waals surface area contributed by atoms with Gasteiger partial charge in [0.25, 0.3) is 0 Å². The summed E-state index contributed by atoms with van der Waals surface area (Å²) in [6, 6.07) is 10.1. The average Bonchev–Trinajstić information content (AvgIpc) is 2.84. The number of hydrogen-bond donors (Lipinski definition) is 0. The summed E-state index contributed by atoms with van der Waals surface area (Å²) >= 11 is 3.45. The van der Waals surface area contributed by atoms with Gasteiger partial charge in [-0.25, -0.2) is 4.99 Å². The minimum absolute atomic E-state index is 0.710. The van der Waals surface area contributed by atoms with Crippen LogP contribution in [0.15, 0.2) is 113 Å². The van der Waals surface area contributed by atoms with Crippen molar-refractivity contribution in [1.82, 2.24) is 0 Å². The lowest BCUT2D eigenvalue weighted by Gasteiger charge is -2.10. The molecule has 0 aromatic heterocycles. The first-order valence-corrected chi connectivity index (χ1v) is 12.7. The summed E-state index contributed by atoms with van der Waals surface area (Å²) in [6.07, 6.45) is 12.6. The minimum Gasteiger partial charge on any atom is -0.248 e. The van der Waals surface area contributed by atoms with Gasteiger partial charge >= 0.3 is 0 Å². The number of allylic oxidation sites excluding steroid dienone is 10. The number of benzene rings is 1. The van der Waals surface area contributed by atoms with E-state index >= 15 is 0 Å². The molecule has 0 aliphatic carbocycles. The van der Waals surface area contributed by atoms with E-state index in [1.165, 1.54) is 0 Å². The van der Waals surface area contributed by atoms with E-state index in [-0.39, 0.29) is 0 Å². The van der Waals surface area contributed by atoms with Crippen LogP contribution in [-0.2, 0) is 0 Å². The third-order valence-corrected chi connectivity index (χ3v) is 3.88. The Labute approximate surface area is 214 Å². The Kier molecular flexibility index (Phi) is 25.8. The smallest absolute Gasteiger partial charge is 0.0705 e. The predicted molar refractivity (Wildman–Crippen MR) is 160 cm³/mol. The first kappa shape index (κ1) is 35.1. The van der Waals surface area contributed by atoms with E-state index in [1.807, 2.05) is 105 Å². The van der Waals surface area contributed by atoms with E-state index < -0.39 is 0 Å². The lowest BCUT2D eigenvalue weighted by molar-refractivity contribution is 1.28. The fourth-order valence-corrected chi connectivity index (χ4v) is 2.71. The molecule has 33 heavy (non-hydrogen) atoms. The monoisotopic (exact) mass is 511 g/mol. The van der Waals surface area contributed by atoms with Crippen molar-refractivity contribution in [1.29, 1.82) is 0 Å². The number of hydrogen-bond acceptors (Lipinski definition) is 1. The Morgan fingerprint density at radius 1 is 0.970 bits per heavy atom. The van der Waals surface area contributed by atoms with Crippen molar-refractivity contribution in [3.05, 3.63) is 113 Å². The van der Waals surface area contributed by atoms with Gasteiger partial charge in [0.15, 0.2) is 0 Å². The van der Waals surface area contributed by atoms with Crippen LogP contribution >= 0.6 is 15.9 Å². The summed E-state index contributed by atoms with van der Waals surface area (Å²) < 4.78 is 1.05. The van der Waals surface area contributed by atoms with Crippen LogP contribution in [0.3, 0.4) is 0 Å².